The minimum atomic E-state index is 0.265. The number of benzene rings is 2. The topological polar surface area (TPSA) is 64.6 Å². The van der Waals surface area contributed by atoms with Gasteiger partial charge in [-0.3, -0.25) is 4.79 Å². The number of fused-ring (bicyclic) bond motifs is 1. The van der Waals surface area contributed by atoms with Crippen LogP contribution in [0, 0.1) is 5.92 Å². The second-order valence-electron chi connectivity index (χ2n) is 9.00. The molecule has 2 heterocycles. The molecule has 0 aliphatic carbocycles. The predicted molar refractivity (Wildman–Crippen MR) is 126 cm³/mol. The van der Waals surface area contributed by atoms with Crippen molar-refractivity contribution in [1.82, 2.24) is 15.5 Å². The lowest BCUT2D eigenvalue weighted by Gasteiger charge is -2.35. The molecule has 0 unspecified atom stereocenters. The Kier molecular flexibility index (Phi) is 8.92. The van der Waals surface area contributed by atoms with E-state index < -0.39 is 0 Å². The van der Waals surface area contributed by atoms with Crippen LogP contribution >= 0.6 is 0 Å². The first kappa shape index (κ1) is 23.3. The van der Waals surface area contributed by atoms with Crippen molar-refractivity contribution in [3.05, 3.63) is 65.2 Å². The van der Waals surface area contributed by atoms with Gasteiger partial charge in [0.25, 0.3) is 0 Å². The summed E-state index contributed by atoms with van der Waals surface area (Å²) in [5.74, 6) is 1.54. The number of carbonyl (C=O) groups is 1. The summed E-state index contributed by atoms with van der Waals surface area (Å²) in [4.78, 5) is 13.2. The van der Waals surface area contributed by atoms with Gasteiger partial charge < -0.3 is 20.6 Å². The van der Waals surface area contributed by atoms with Crippen molar-refractivity contribution in [1.29, 1.82) is 0 Å². The molecule has 5 heteroatoms. The number of amides is 1. The molecule has 1 saturated heterocycles. The fourth-order valence-electron chi connectivity index (χ4n) is 4.46. The highest BCUT2D eigenvalue weighted by molar-refractivity contribution is 5.46. The second-order valence-corrected chi connectivity index (χ2v) is 9.00. The molecule has 0 radical (unpaired) electrons. The van der Waals surface area contributed by atoms with Crippen LogP contribution in [0.2, 0.25) is 0 Å². The fourth-order valence-corrected chi connectivity index (χ4v) is 4.46. The first-order valence-corrected chi connectivity index (χ1v) is 11.5. The van der Waals surface area contributed by atoms with Gasteiger partial charge in [-0.05, 0) is 79.6 Å². The summed E-state index contributed by atoms with van der Waals surface area (Å²) in [6.07, 6.45) is 4.35. The van der Waals surface area contributed by atoms with Crippen molar-refractivity contribution in [2.45, 2.75) is 51.6 Å². The summed E-state index contributed by atoms with van der Waals surface area (Å²) in [5, 5.41) is 15.4. The fraction of sp³-hybridized carbons (Fsp3) is 0.500. The zero-order valence-electron chi connectivity index (χ0n) is 18.9. The van der Waals surface area contributed by atoms with Gasteiger partial charge in [-0.15, -0.1) is 0 Å². The third-order valence-corrected chi connectivity index (χ3v) is 6.48. The van der Waals surface area contributed by atoms with Crippen molar-refractivity contribution in [2.75, 3.05) is 26.2 Å². The molecule has 5 nitrogen and oxygen atoms in total. The SMILES string of the molecule is CC(C)[C@@H](CN1CCC(c2ccccc2)CC1)NC=O.Oc1ccc2c(c1)CNCC2. The van der Waals surface area contributed by atoms with Gasteiger partial charge in [-0.2, -0.15) is 0 Å². The summed E-state index contributed by atoms with van der Waals surface area (Å²) in [6.45, 7) is 9.50. The van der Waals surface area contributed by atoms with E-state index in [1.54, 1.807) is 6.07 Å². The second kappa shape index (κ2) is 11.9. The van der Waals surface area contributed by atoms with E-state index >= 15 is 0 Å². The third kappa shape index (κ3) is 7.08. The standard InChI is InChI=1S/C17H26N2O.C9H11NO/c1-14(2)17(18-13-20)12-19-10-8-16(9-11-19)15-6-4-3-5-7-15;11-9-2-1-7-3-4-10-6-8(7)5-9/h3-7,13-14,16-17H,8-12H2,1-2H3,(H,18,20);1-2,5,10-11H,3-4,6H2/t17-;/m1./s1. The molecule has 168 valence electrons. The van der Waals surface area contributed by atoms with Crippen LogP contribution < -0.4 is 10.6 Å². The molecule has 4 rings (SSSR count). The Morgan fingerprint density at radius 3 is 2.55 bits per heavy atom. The van der Waals surface area contributed by atoms with E-state index in [0.29, 0.717) is 17.6 Å². The molecular formula is C26H37N3O2. The van der Waals surface area contributed by atoms with Crippen molar-refractivity contribution in [2.24, 2.45) is 5.92 Å². The lowest BCUT2D eigenvalue weighted by molar-refractivity contribution is -0.110. The van der Waals surface area contributed by atoms with E-state index in [0.717, 1.165) is 45.6 Å². The lowest BCUT2D eigenvalue weighted by Crippen LogP contribution is -2.46. The molecule has 2 aliphatic heterocycles. The number of nitrogens with one attached hydrogen (secondary N) is 2. The number of aromatic hydroxyl groups is 1. The van der Waals surface area contributed by atoms with Gasteiger partial charge in [0.1, 0.15) is 5.75 Å². The maximum Gasteiger partial charge on any atom is 0.207 e. The molecule has 1 amide bonds. The van der Waals surface area contributed by atoms with Gasteiger partial charge in [-0.25, -0.2) is 0 Å². The van der Waals surface area contributed by atoms with E-state index in [1.165, 1.54) is 29.5 Å². The van der Waals surface area contributed by atoms with Crippen LogP contribution in [0.3, 0.4) is 0 Å². The smallest absolute Gasteiger partial charge is 0.207 e. The molecule has 2 aliphatic rings. The Morgan fingerprint density at radius 2 is 1.87 bits per heavy atom. The summed E-state index contributed by atoms with van der Waals surface area (Å²) in [7, 11) is 0. The molecule has 3 N–H and O–H groups in total. The predicted octanol–water partition coefficient (Wildman–Crippen LogP) is 3.67. The minimum Gasteiger partial charge on any atom is -0.508 e. The number of rotatable bonds is 6. The number of hydrogen-bond donors (Lipinski definition) is 3. The highest BCUT2D eigenvalue weighted by atomic mass is 16.3. The van der Waals surface area contributed by atoms with E-state index in [1.807, 2.05) is 12.1 Å². The van der Waals surface area contributed by atoms with Crippen molar-refractivity contribution in [3.8, 4) is 5.75 Å². The third-order valence-electron chi connectivity index (χ3n) is 6.48. The molecule has 2 aromatic carbocycles. The number of phenolic OH excluding ortho intramolecular Hbond substituents is 1. The van der Waals surface area contributed by atoms with E-state index in [4.69, 9.17) is 5.11 Å². The summed E-state index contributed by atoms with van der Waals surface area (Å²) in [6, 6.07) is 16.7. The van der Waals surface area contributed by atoms with Crippen LogP contribution in [-0.4, -0.2) is 48.6 Å². The number of likely N-dealkylation sites (tertiary alicyclic amines) is 1. The Bertz CT molecular complexity index is 802. The average molecular weight is 424 g/mol. The molecule has 0 bridgehead atoms. The minimum absolute atomic E-state index is 0.265. The van der Waals surface area contributed by atoms with Crippen LogP contribution in [0.5, 0.6) is 5.75 Å². The number of phenols is 1. The Labute approximate surface area is 186 Å². The molecule has 2 aromatic rings. The van der Waals surface area contributed by atoms with Gasteiger partial charge in [0.15, 0.2) is 0 Å². The zero-order valence-corrected chi connectivity index (χ0v) is 18.9. The number of piperidine rings is 1. The highest BCUT2D eigenvalue weighted by Gasteiger charge is 2.23. The summed E-state index contributed by atoms with van der Waals surface area (Å²) >= 11 is 0. The molecule has 1 atom stereocenters. The van der Waals surface area contributed by atoms with Crippen LogP contribution in [0.15, 0.2) is 48.5 Å². The van der Waals surface area contributed by atoms with Crippen LogP contribution in [0.1, 0.15) is 49.3 Å². The van der Waals surface area contributed by atoms with Crippen LogP contribution in [0.4, 0.5) is 0 Å². The van der Waals surface area contributed by atoms with Crippen molar-refractivity contribution < 1.29 is 9.90 Å². The molecule has 0 saturated carbocycles. The zero-order chi connectivity index (χ0) is 22.1. The molecular weight excluding hydrogens is 386 g/mol. The lowest BCUT2D eigenvalue weighted by atomic mass is 9.89. The van der Waals surface area contributed by atoms with Crippen LogP contribution in [-0.2, 0) is 17.8 Å². The quantitative estimate of drug-likeness (QED) is 0.620. The average Bonchev–Trinajstić information content (AvgIpc) is 2.80. The first-order valence-electron chi connectivity index (χ1n) is 11.5. The number of hydrogen-bond acceptors (Lipinski definition) is 4. The monoisotopic (exact) mass is 423 g/mol. The highest BCUT2D eigenvalue weighted by Crippen LogP contribution is 2.28. The van der Waals surface area contributed by atoms with Gasteiger partial charge in [0, 0.05) is 19.1 Å². The maximum absolute atomic E-state index is 10.7. The molecule has 31 heavy (non-hydrogen) atoms. The van der Waals surface area contributed by atoms with E-state index in [2.05, 4.69) is 59.7 Å². The van der Waals surface area contributed by atoms with E-state index in [9.17, 15) is 4.79 Å². The Morgan fingerprint density at radius 1 is 1.13 bits per heavy atom. The summed E-state index contributed by atoms with van der Waals surface area (Å²) in [5.41, 5.74) is 4.07. The molecule has 0 aromatic heterocycles. The summed E-state index contributed by atoms with van der Waals surface area (Å²) < 4.78 is 0. The van der Waals surface area contributed by atoms with Crippen molar-refractivity contribution in [3.63, 3.8) is 0 Å². The Balaban J connectivity index is 0.000000207. The number of nitrogens with zero attached hydrogens (tertiary/aromatic N) is 1. The number of carbonyl (C=O) groups excluding carboxylic acids is 1. The molecule has 1 fully saturated rings. The van der Waals surface area contributed by atoms with Gasteiger partial charge in [0.05, 0.1) is 0 Å². The van der Waals surface area contributed by atoms with Gasteiger partial charge in [0.2, 0.25) is 6.41 Å². The van der Waals surface area contributed by atoms with Crippen molar-refractivity contribution >= 4 is 6.41 Å². The van der Waals surface area contributed by atoms with E-state index in [-0.39, 0.29) is 6.04 Å². The van der Waals surface area contributed by atoms with Gasteiger partial charge >= 0.3 is 0 Å². The largest absolute Gasteiger partial charge is 0.508 e. The molecule has 0 spiro atoms. The normalized spacial score (nSPS) is 17.9. The first-order chi connectivity index (χ1) is 15.1. The Hall–Kier alpha value is -2.37. The van der Waals surface area contributed by atoms with Gasteiger partial charge in [-0.1, -0.05) is 50.2 Å². The van der Waals surface area contributed by atoms with Crippen LogP contribution in [0.25, 0.3) is 0 Å². The maximum atomic E-state index is 10.7.